The van der Waals surface area contributed by atoms with Crippen LogP contribution in [0.25, 0.3) is 0 Å². The topological polar surface area (TPSA) is 51.5 Å². The fourth-order valence-corrected chi connectivity index (χ4v) is 3.20. The van der Waals surface area contributed by atoms with Crippen LogP contribution in [0.2, 0.25) is 0 Å². The maximum Gasteiger partial charge on any atom is 0.244 e. The Kier molecular flexibility index (Phi) is 6.32. The Morgan fingerprint density at radius 3 is 2.68 bits per heavy atom. The van der Waals surface area contributed by atoms with E-state index in [0.717, 1.165) is 18.7 Å². The van der Waals surface area contributed by atoms with E-state index in [1.807, 2.05) is 11.5 Å². The van der Waals surface area contributed by atoms with Gasteiger partial charge >= 0.3 is 0 Å². The molecular weight excluding hydrogens is 288 g/mol. The third kappa shape index (κ3) is 3.95. The third-order valence-electron chi connectivity index (χ3n) is 2.88. The Hall–Kier alpha value is -0.560. The van der Waals surface area contributed by atoms with Gasteiger partial charge in [-0.2, -0.15) is 4.31 Å². The Morgan fingerprint density at radius 2 is 2.16 bits per heavy atom. The van der Waals surface area contributed by atoms with Gasteiger partial charge in [0.15, 0.2) is 0 Å². The van der Waals surface area contributed by atoms with Crippen LogP contribution in [0.1, 0.15) is 19.0 Å². The minimum Gasteiger partial charge on any atom is -0.383 e. The molecule has 0 aliphatic rings. The number of hydrogen-bond acceptors (Lipinski definition) is 3. The number of alkyl halides is 1. The summed E-state index contributed by atoms with van der Waals surface area (Å²) in [6.07, 6.45) is 2.58. The zero-order valence-electron chi connectivity index (χ0n) is 11.6. The predicted octanol–water partition coefficient (Wildman–Crippen LogP) is 1.90. The van der Waals surface area contributed by atoms with Crippen LogP contribution in [0, 0.1) is 0 Å². The molecule has 110 valence electrons. The maximum absolute atomic E-state index is 12.3. The summed E-state index contributed by atoms with van der Waals surface area (Å²) < 4.78 is 32.8. The van der Waals surface area contributed by atoms with Crippen molar-refractivity contribution in [3.8, 4) is 0 Å². The monoisotopic (exact) mass is 308 g/mol. The van der Waals surface area contributed by atoms with Gasteiger partial charge in [-0.1, -0.05) is 6.92 Å². The van der Waals surface area contributed by atoms with Gasteiger partial charge in [0.2, 0.25) is 10.0 Å². The number of hydrogen-bond donors (Lipinski definition) is 0. The van der Waals surface area contributed by atoms with Crippen molar-refractivity contribution in [3.63, 3.8) is 0 Å². The number of rotatable bonds is 8. The fraction of sp³-hybridized carbons (Fsp3) is 0.667. The molecule has 0 N–H and O–H groups in total. The van der Waals surface area contributed by atoms with Crippen molar-refractivity contribution in [2.75, 3.05) is 27.3 Å². The summed E-state index contributed by atoms with van der Waals surface area (Å²) in [5.74, 6) is 0.303. The van der Waals surface area contributed by atoms with Crippen molar-refractivity contribution >= 4 is 21.6 Å². The highest BCUT2D eigenvalue weighted by Gasteiger charge is 2.23. The number of halogens is 1. The highest BCUT2D eigenvalue weighted by atomic mass is 35.5. The van der Waals surface area contributed by atoms with E-state index in [1.54, 1.807) is 26.4 Å². The summed E-state index contributed by atoms with van der Waals surface area (Å²) in [6, 6.07) is 1.64. The van der Waals surface area contributed by atoms with Crippen molar-refractivity contribution in [3.05, 3.63) is 18.0 Å². The first kappa shape index (κ1) is 16.5. The molecule has 0 unspecified atom stereocenters. The van der Waals surface area contributed by atoms with E-state index in [-0.39, 0.29) is 4.90 Å². The van der Waals surface area contributed by atoms with Gasteiger partial charge in [0, 0.05) is 39.1 Å². The average Bonchev–Trinajstić information content (AvgIpc) is 2.80. The second-order valence-corrected chi connectivity index (χ2v) is 6.63. The van der Waals surface area contributed by atoms with Gasteiger partial charge in [-0.3, -0.25) is 0 Å². The van der Waals surface area contributed by atoms with Gasteiger partial charge in [-0.25, -0.2) is 8.42 Å². The van der Waals surface area contributed by atoms with E-state index in [0.29, 0.717) is 19.0 Å². The lowest BCUT2D eigenvalue weighted by atomic mass is 10.4. The van der Waals surface area contributed by atoms with Crippen LogP contribution in [-0.4, -0.2) is 44.6 Å². The highest BCUT2D eigenvalue weighted by molar-refractivity contribution is 7.89. The molecule has 0 aliphatic carbocycles. The summed E-state index contributed by atoms with van der Waals surface area (Å²) in [6.45, 7) is 3.50. The van der Waals surface area contributed by atoms with Crippen LogP contribution in [0.4, 0.5) is 0 Å². The van der Waals surface area contributed by atoms with Gasteiger partial charge in [0.05, 0.1) is 12.5 Å². The zero-order chi connectivity index (χ0) is 14.5. The number of aromatic nitrogens is 1. The molecule has 0 radical (unpaired) electrons. The van der Waals surface area contributed by atoms with Crippen molar-refractivity contribution in [2.45, 2.75) is 30.7 Å². The minimum atomic E-state index is -3.47. The smallest absolute Gasteiger partial charge is 0.244 e. The van der Waals surface area contributed by atoms with Gasteiger partial charge in [-0.15, -0.1) is 11.6 Å². The highest BCUT2D eigenvalue weighted by Crippen LogP contribution is 2.19. The maximum atomic E-state index is 12.3. The molecule has 0 aliphatic heterocycles. The Morgan fingerprint density at radius 1 is 1.47 bits per heavy atom. The Balaban J connectivity index is 3.01. The summed E-state index contributed by atoms with van der Waals surface area (Å²) in [5.41, 5.74) is 0.822. The minimum absolute atomic E-state index is 0.287. The van der Waals surface area contributed by atoms with Crippen molar-refractivity contribution < 1.29 is 13.2 Å². The number of sulfonamides is 1. The van der Waals surface area contributed by atoms with Crippen LogP contribution in [0.15, 0.2) is 17.2 Å². The van der Waals surface area contributed by atoms with Crippen LogP contribution in [-0.2, 0) is 27.2 Å². The molecule has 19 heavy (non-hydrogen) atoms. The average molecular weight is 309 g/mol. The molecule has 1 rings (SSSR count). The van der Waals surface area contributed by atoms with E-state index in [4.69, 9.17) is 16.3 Å². The number of ether oxygens (including phenoxy) is 1. The van der Waals surface area contributed by atoms with Crippen molar-refractivity contribution in [2.24, 2.45) is 0 Å². The number of methoxy groups -OCH3 is 1. The molecular formula is C12H21ClN2O3S. The van der Waals surface area contributed by atoms with Crippen LogP contribution in [0.3, 0.4) is 0 Å². The standard InChI is InChI=1S/C12H21ClN2O3S/c1-4-5-15-10-12(8-11(15)9-13)19(16,17)14(2)6-7-18-3/h8,10H,4-7,9H2,1-3H3. The number of aryl methyl sites for hydroxylation is 1. The summed E-state index contributed by atoms with van der Waals surface area (Å²) in [7, 11) is -0.375. The lowest BCUT2D eigenvalue weighted by Crippen LogP contribution is -2.29. The van der Waals surface area contributed by atoms with Gasteiger partial charge in [0.25, 0.3) is 0 Å². The summed E-state index contributed by atoms with van der Waals surface area (Å²) in [5, 5.41) is 0. The normalized spacial score (nSPS) is 12.3. The molecule has 0 amide bonds. The Bertz CT molecular complexity index is 499. The SMILES string of the molecule is CCCn1cc(S(=O)(=O)N(C)CCOC)cc1CCl. The van der Waals surface area contributed by atoms with E-state index >= 15 is 0 Å². The summed E-state index contributed by atoms with van der Waals surface area (Å²) in [4.78, 5) is 0.287. The van der Waals surface area contributed by atoms with Crippen molar-refractivity contribution in [1.29, 1.82) is 0 Å². The number of nitrogens with zero attached hydrogens (tertiary/aromatic N) is 2. The van der Waals surface area contributed by atoms with E-state index in [2.05, 4.69) is 0 Å². The second-order valence-electron chi connectivity index (χ2n) is 4.31. The largest absolute Gasteiger partial charge is 0.383 e. The number of likely N-dealkylation sites (N-methyl/N-ethyl adjacent to an activating group) is 1. The first-order chi connectivity index (χ1) is 8.97. The van der Waals surface area contributed by atoms with Gasteiger partial charge in [-0.05, 0) is 12.5 Å². The molecule has 0 aromatic carbocycles. The molecule has 0 atom stereocenters. The molecule has 0 bridgehead atoms. The molecule has 1 aromatic rings. The molecule has 1 heterocycles. The first-order valence-electron chi connectivity index (χ1n) is 6.17. The lowest BCUT2D eigenvalue weighted by molar-refractivity contribution is 0.185. The zero-order valence-corrected chi connectivity index (χ0v) is 13.2. The molecule has 0 fully saturated rings. The second kappa shape index (κ2) is 7.28. The molecule has 7 heteroatoms. The van der Waals surface area contributed by atoms with Crippen LogP contribution >= 0.6 is 11.6 Å². The molecule has 1 aromatic heterocycles. The van der Waals surface area contributed by atoms with Crippen LogP contribution < -0.4 is 0 Å². The Labute approximate surface area is 120 Å². The van der Waals surface area contributed by atoms with Gasteiger partial charge in [0.1, 0.15) is 4.90 Å². The lowest BCUT2D eigenvalue weighted by Gasteiger charge is -2.15. The molecule has 0 spiro atoms. The van der Waals surface area contributed by atoms with Gasteiger partial charge < -0.3 is 9.30 Å². The van der Waals surface area contributed by atoms with Crippen molar-refractivity contribution in [1.82, 2.24) is 8.87 Å². The van der Waals surface area contributed by atoms with Crippen LogP contribution in [0.5, 0.6) is 0 Å². The molecule has 5 nitrogen and oxygen atoms in total. The third-order valence-corrected chi connectivity index (χ3v) is 4.98. The fourth-order valence-electron chi connectivity index (χ4n) is 1.75. The molecule has 0 saturated carbocycles. The van der Waals surface area contributed by atoms with E-state index in [1.165, 1.54) is 4.31 Å². The predicted molar refractivity (Wildman–Crippen MR) is 76.0 cm³/mol. The quantitative estimate of drug-likeness (QED) is 0.689. The first-order valence-corrected chi connectivity index (χ1v) is 8.15. The summed E-state index contributed by atoms with van der Waals surface area (Å²) >= 11 is 5.85. The molecule has 0 saturated heterocycles. The van der Waals surface area contributed by atoms with E-state index in [9.17, 15) is 8.42 Å². The van der Waals surface area contributed by atoms with E-state index < -0.39 is 10.0 Å².